The Morgan fingerprint density at radius 1 is 0.250 bits per heavy atom. The van der Waals surface area contributed by atoms with E-state index in [-0.39, 0.29) is 0 Å². The van der Waals surface area contributed by atoms with E-state index in [0.717, 1.165) is 18.4 Å². The van der Waals surface area contributed by atoms with E-state index >= 15 is 0 Å². The third kappa shape index (κ3) is 42.1. The van der Waals surface area contributed by atoms with Gasteiger partial charge in [-0.2, -0.15) is 0 Å². The van der Waals surface area contributed by atoms with Crippen LogP contribution in [0, 0.1) is 0 Å². The SMILES string of the molecule is CCCCCCCCCCCCCOCCOCCOCCOCCOCCOCCOCCOCCOCCOCCBr. The van der Waals surface area contributed by atoms with Crippen LogP contribution in [0.25, 0.3) is 0 Å². The van der Waals surface area contributed by atoms with Gasteiger partial charge in [0.1, 0.15) is 0 Å². The van der Waals surface area contributed by atoms with Gasteiger partial charge in [0.05, 0.1) is 126 Å². The number of hydrogen-bond donors (Lipinski definition) is 0. The number of alkyl halides is 1. The zero-order chi connectivity index (χ0) is 31.7. The molecule has 0 spiro atoms. The Labute approximate surface area is 277 Å². The Hall–Kier alpha value is 0.0800. The standard InChI is InChI=1S/C33H67BrO10/c1-2-3-4-5-6-7-8-9-10-11-12-14-35-16-18-37-20-22-39-24-26-41-28-30-43-32-33-44-31-29-42-27-25-40-23-21-38-19-17-36-15-13-34/h2-33H2,1H3. The fourth-order valence-corrected chi connectivity index (χ4v) is 4.23. The normalized spacial score (nSPS) is 11.6. The van der Waals surface area contributed by atoms with Gasteiger partial charge in [0, 0.05) is 11.9 Å². The lowest BCUT2D eigenvalue weighted by Gasteiger charge is -2.09. The van der Waals surface area contributed by atoms with E-state index < -0.39 is 0 Å². The summed E-state index contributed by atoms with van der Waals surface area (Å²) in [5.41, 5.74) is 0. The third-order valence-corrected chi connectivity index (χ3v) is 6.79. The molecule has 0 aromatic heterocycles. The first-order chi connectivity index (χ1) is 21.9. The lowest BCUT2D eigenvalue weighted by molar-refractivity contribution is -0.0262. The van der Waals surface area contributed by atoms with Gasteiger partial charge in [-0.15, -0.1) is 0 Å². The third-order valence-electron chi connectivity index (χ3n) is 6.46. The molecule has 11 heteroatoms. The summed E-state index contributed by atoms with van der Waals surface area (Å²) >= 11 is 3.30. The summed E-state index contributed by atoms with van der Waals surface area (Å²) in [5, 5.41) is 0.843. The number of rotatable bonds is 41. The fraction of sp³-hybridized carbons (Fsp3) is 1.00. The summed E-state index contributed by atoms with van der Waals surface area (Å²) < 4.78 is 54.8. The van der Waals surface area contributed by atoms with Crippen LogP contribution in [0.4, 0.5) is 0 Å². The van der Waals surface area contributed by atoms with E-state index in [2.05, 4.69) is 22.9 Å². The van der Waals surface area contributed by atoms with E-state index in [9.17, 15) is 0 Å². The molecule has 0 rings (SSSR count). The molecule has 0 amide bonds. The average molecular weight is 704 g/mol. The molecule has 0 radical (unpaired) electrons. The number of halogens is 1. The zero-order valence-electron chi connectivity index (χ0n) is 28.1. The van der Waals surface area contributed by atoms with E-state index in [4.69, 9.17) is 47.4 Å². The topological polar surface area (TPSA) is 92.3 Å². The maximum Gasteiger partial charge on any atom is 0.0701 e. The highest BCUT2D eigenvalue weighted by Crippen LogP contribution is 2.11. The fourth-order valence-electron chi connectivity index (χ4n) is 4.00. The molecule has 10 nitrogen and oxygen atoms in total. The van der Waals surface area contributed by atoms with Crippen molar-refractivity contribution in [1.29, 1.82) is 0 Å². The first-order valence-corrected chi connectivity index (χ1v) is 18.4. The van der Waals surface area contributed by atoms with Crippen LogP contribution in [0.3, 0.4) is 0 Å². The van der Waals surface area contributed by atoms with Gasteiger partial charge in [0.25, 0.3) is 0 Å². The van der Waals surface area contributed by atoms with Crippen molar-refractivity contribution in [3.8, 4) is 0 Å². The molecular weight excluding hydrogens is 636 g/mol. The van der Waals surface area contributed by atoms with Gasteiger partial charge in [-0.05, 0) is 6.42 Å². The number of hydrogen-bond acceptors (Lipinski definition) is 10. The smallest absolute Gasteiger partial charge is 0.0701 e. The predicted octanol–water partition coefficient (Wildman–Crippen LogP) is 5.86. The second-order valence-electron chi connectivity index (χ2n) is 10.3. The van der Waals surface area contributed by atoms with Crippen LogP contribution in [0.15, 0.2) is 0 Å². The molecule has 0 unspecified atom stereocenters. The summed E-state index contributed by atoms with van der Waals surface area (Å²) in [6, 6.07) is 0. The van der Waals surface area contributed by atoms with Gasteiger partial charge >= 0.3 is 0 Å². The lowest BCUT2D eigenvalue weighted by Crippen LogP contribution is -2.15. The molecule has 0 aromatic carbocycles. The van der Waals surface area contributed by atoms with Gasteiger partial charge < -0.3 is 47.4 Å². The highest BCUT2D eigenvalue weighted by atomic mass is 79.9. The molecule has 0 N–H and O–H groups in total. The number of ether oxygens (including phenoxy) is 10. The predicted molar refractivity (Wildman–Crippen MR) is 178 cm³/mol. The highest BCUT2D eigenvalue weighted by Gasteiger charge is 1.97. The lowest BCUT2D eigenvalue weighted by atomic mass is 10.1. The minimum Gasteiger partial charge on any atom is -0.379 e. The zero-order valence-corrected chi connectivity index (χ0v) is 29.7. The number of unbranched alkanes of at least 4 members (excludes halogenated alkanes) is 10. The van der Waals surface area contributed by atoms with Crippen molar-refractivity contribution in [3.05, 3.63) is 0 Å². The second kappa shape index (κ2) is 43.1. The van der Waals surface area contributed by atoms with Gasteiger partial charge in [0.2, 0.25) is 0 Å². The highest BCUT2D eigenvalue weighted by molar-refractivity contribution is 9.09. The maximum absolute atomic E-state index is 5.65. The van der Waals surface area contributed by atoms with Gasteiger partial charge in [-0.25, -0.2) is 0 Å². The first kappa shape index (κ1) is 44.1. The Bertz CT molecular complexity index is 451. The van der Waals surface area contributed by atoms with Crippen LogP contribution in [0.1, 0.15) is 77.6 Å². The van der Waals surface area contributed by atoms with Crippen molar-refractivity contribution in [1.82, 2.24) is 0 Å². The van der Waals surface area contributed by atoms with Crippen LogP contribution in [-0.2, 0) is 47.4 Å². The molecule has 0 aliphatic heterocycles. The van der Waals surface area contributed by atoms with Crippen molar-refractivity contribution < 1.29 is 47.4 Å². The van der Waals surface area contributed by atoms with Crippen molar-refractivity contribution in [2.45, 2.75) is 77.6 Å². The van der Waals surface area contributed by atoms with E-state index in [1.807, 2.05) is 0 Å². The van der Waals surface area contributed by atoms with Crippen molar-refractivity contribution in [2.75, 3.05) is 137 Å². The van der Waals surface area contributed by atoms with Crippen LogP contribution in [-0.4, -0.2) is 137 Å². The molecule has 266 valence electrons. The minimum atomic E-state index is 0.532. The van der Waals surface area contributed by atoms with Crippen LogP contribution in [0.2, 0.25) is 0 Å². The molecular formula is C33H67BrO10. The molecule has 0 aromatic rings. The van der Waals surface area contributed by atoms with E-state index in [0.29, 0.717) is 126 Å². The monoisotopic (exact) mass is 702 g/mol. The quantitative estimate of drug-likeness (QED) is 0.0570. The molecule has 0 aliphatic rings. The summed E-state index contributed by atoms with van der Waals surface area (Å²) in [4.78, 5) is 0. The summed E-state index contributed by atoms with van der Waals surface area (Å²) in [5.74, 6) is 0. The summed E-state index contributed by atoms with van der Waals surface area (Å²) in [6.07, 6.45) is 14.9. The molecule has 0 fully saturated rings. The van der Waals surface area contributed by atoms with Gasteiger partial charge in [0.15, 0.2) is 0 Å². The first-order valence-electron chi connectivity index (χ1n) is 17.2. The summed E-state index contributed by atoms with van der Waals surface area (Å²) in [7, 11) is 0. The molecule has 0 atom stereocenters. The molecule has 0 aliphatic carbocycles. The largest absolute Gasteiger partial charge is 0.379 e. The second-order valence-corrected chi connectivity index (χ2v) is 11.1. The van der Waals surface area contributed by atoms with Gasteiger partial charge in [-0.1, -0.05) is 87.1 Å². The van der Waals surface area contributed by atoms with E-state index in [1.165, 1.54) is 64.2 Å². The summed E-state index contributed by atoms with van der Waals surface area (Å²) in [6.45, 7) is 13.9. The Kier molecular flexibility index (Phi) is 43.2. The van der Waals surface area contributed by atoms with Crippen molar-refractivity contribution >= 4 is 15.9 Å². The molecule has 44 heavy (non-hydrogen) atoms. The van der Waals surface area contributed by atoms with Gasteiger partial charge in [-0.3, -0.25) is 0 Å². The Morgan fingerprint density at radius 3 is 0.705 bits per heavy atom. The molecule has 0 saturated heterocycles. The minimum absolute atomic E-state index is 0.532. The molecule has 0 saturated carbocycles. The van der Waals surface area contributed by atoms with Crippen molar-refractivity contribution in [2.24, 2.45) is 0 Å². The van der Waals surface area contributed by atoms with Crippen LogP contribution >= 0.6 is 15.9 Å². The Morgan fingerprint density at radius 2 is 0.455 bits per heavy atom. The molecule has 0 bridgehead atoms. The molecule has 0 heterocycles. The van der Waals surface area contributed by atoms with E-state index in [1.54, 1.807) is 0 Å². The maximum atomic E-state index is 5.65. The van der Waals surface area contributed by atoms with Crippen molar-refractivity contribution in [3.63, 3.8) is 0 Å². The van der Waals surface area contributed by atoms with Crippen LogP contribution in [0.5, 0.6) is 0 Å². The average Bonchev–Trinajstić information content (AvgIpc) is 3.04. The van der Waals surface area contributed by atoms with Crippen LogP contribution < -0.4 is 0 Å². The Balaban J connectivity index is 3.03.